The van der Waals surface area contributed by atoms with E-state index < -0.39 is 6.04 Å². The average molecular weight is 630 g/mol. The number of benzene rings is 1. The third kappa shape index (κ3) is 27.0. The third-order valence-corrected chi connectivity index (χ3v) is 8.77. The van der Waals surface area contributed by atoms with Gasteiger partial charge in [-0.1, -0.05) is 192 Å². The number of unbranched alkanes of at least 4 members (excludes halogenated alkanes) is 23. The summed E-state index contributed by atoms with van der Waals surface area (Å²) in [5, 5.41) is 2.90. The molecule has 0 aliphatic rings. The molecule has 0 saturated carbocycles. The van der Waals surface area contributed by atoms with E-state index in [0.717, 1.165) is 31.2 Å². The SMILES string of the molecule is CCCCCCCCCCCCCCCC(=O)N[C@@H](COCc1ccccc1)C(=O)OCCCCCCCCCCCCCC. The van der Waals surface area contributed by atoms with E-state index in [4.69, 9.17) is 9.47 Å². The van der Waals surface area contributed by atoms with Crippen molar-refractivity contribution in [1.82, 2.24) is 5.32 Å². The fourth-order valence-corrected chi connectivity index (χ4v) is 5.82. The van der Waals surface area contributed by atoms with E-state index in [-0.39, 0.29) is 18.5 Å². The van der Waals surface area contributed by atoms with Gasteiger partial charge in [-0.25, -0.2) is 4.79 Å². The van der Waals surface area contributed by atoms with Crippen molar-refractivity contribution in [1.29, 1.82) is 0 Å². The Morgan fingerprint density at radius 1 is 0.578 bits per heavy atom. The second kappa shape index (κ2) is 32.1. The molecule has 1 rings (SSSR count). The number of ether oxygens (including phenoxy) is 2. The first-order chi connectivity index (χ1) is 22.2. The van der Waals surface area contributed by atoms with Crippen LogP contribution in [0.5, 0.6) is 0 Å². The first-order valence-corrected chi connectivity index (χ1v) is 19.2. The number of hydrogen-bond acceptors (Lipinski definition) is 4. The maximum Gasteiger partial charge on any atom is 0.331 e. The highest BCUT2D eigenvalue weighted by Crippen LogP contribution is 2.14. The second-order valence-electron chi connectivity index (χ2n) is 13.2. The predicted octanol–water partition coefficient (Wildman–Crippen LogP) is 11.4. The van der Waals surface area contributed by atoms with Crippen molar-refractivity contribution >= 4 is 11.9 Å². The smallest absolute Gasteiger partial charge is 0.331 e. The van der Waals surface area contributed by atoms with Gasteiger partial charge in [0.15, 0.2) is 6.04 Å². The Morgan fingerprint density at radius 3 is 1.47 bits per heavy atom. The van der Waals surface area contributed by atoms with Crippen molar-refractivity contribution < 1.29 is 19.1 Å². The standard InChI is InChI=1S/C40H71NO4/c1-3-5-7-9-11-13-15-17-18-20-22-24-29-33-39(42)41-38(36-44-35-37-31-27-26-28-32-37)40(43)45-34-30-25-23-21-19-16-14-12-10-8-6-4-2/h26-28,31-32,38H,3-25,29-30,33-36H2,1-2H3,(H,41,42)/t38-/m0/s1. The molecule has 0 aliphatic carbocycles. The van der Waals surface area contributed by atoms with Gasteiger partial charge in [0.2, 0.25) is 5.91 Å². The van der Waals surface area contributed by atoms with E-state index >= 15 is 0 Å². The predicted molar refractivity (Wildman–Crippen MR) is 190 cm³/mol. The van der Waals surface area contributed by atoms with Crippen molar-refractivity contribution in [2.75, 3.05) is 13.2 Å². The third-order valence-electron chi connectivity index (χ3n) is 8.77. The quantitative estimate of drug-likeness (QED) is 0.0620. The number of carbonyl (C=O) groups excluding carboxylic acids is 2. The highest BCUT2D eigenvalue weighted by molar-refractivity contribution is 5.84. The van der Waals surface area contributed by atoms with Crippen LogP contribution in [0, 0.1) is 0 Å². The van der Waals surface area contributed by atoms with Crippen LogP contribution in [-0.2, 0) is 25.7 Å². The zero-order chi connectivity index (χ0) is 32.5. The lowest BCUT2D eigenvalue weighted by molar-refractivity contribution is -0.150. The molecule has 1 amide bonds. The van der Waals surface area contributed by atoms with Crippen molar-refractivity contribution in [2.24, 2.45) is 0 Å². The normalized spacial score (nSPS) is 11.9. The van der Waals surface area contributed by atoms with E-state index in [1.807, 2.05) is 30.3 Å². The lowest BCUT2D eigenvalue weighted by Gasteiger charge is -2.18. The number of esters is 1. The summed E-state index contributed by atoms with van der Waals surface area (Å²) in [5.41, 5.74) is 1.04. The minimum Gasteiger partial charge on any atom is -0.464 e. The van der Waals surface area contributed by atoms with Crippen LogP contribution in [0.15, 0.2) is 30.3 Å². The van der Waals surface area contributed by atoms with E-state index in [9.17, 15) is 9.59 Å². The summed E-state index contributed by atoms with van der Waals surface area (Å²) in [6.07, 6.45) is 32.3. The van der Waals surface area contributed by atoms with Gasteiger partial charge in [-0.15, -0.1) is 0 Å². The molecule has 0 aliphatic heterocycles. The summed E-state index contributed by atoms with van der Waals surface area (Å²) in [4.78, 5) is 25.6. The molecule has 1 aromatic carbocycles. The highest BCUT2D eigenvalue weighted by atomic mass is 16.5. The Morgan fingerprint density at radius 2 is 1.00 bits per heavy atom. The van der Waals surface area contributed by atoms with Crippen molar-refractivity contribution in [3.05, 3.63) is 35.9 Å². The van der Waals surface area contributed by atoms with Gasteiger partial charge in [-0.2, -0.15) is 0 Å². The number of nitrogens with one attached hydrogen (secondary N) is 1. The molecule has 260 valence electrons. The van der Waals surface area contributed by atoms with Crippen molar-refractivity contribution in [3.63, 3.8) is 0 Å². The van der Waals surface area contributed by atoms with Crippen molar-refractivity contribution in [3.8, 4) is 0 Å². The van der Waals surface area contributed by atoms with E-state index in [2.05, 4.69) is 19.2 Å². The highest BCUT2D eigenvalue weighted by Gasteiger charge is 2.22. The molecule has 0 saturated heterocycles. The zero-order valence-corrected chi connectivity index (χ0v) is 29.6. The van der Waals surface area contributed by atoms with Gasteiger partial charge >= 0.3 is 5.97 Å². The molecule has 5 heteroatoms. The molecule has 1 aromatic rings. The molecule has 0 unspecified atom stereocenters. The van der Waals surface area contributed by atoms with E-state index in [1.54, 1.807) is 0 Å². The van der Waals surface area contributed by atoms with Crippen LogP contribution in [0.2, 0.25) is 0 Å². The fraction of sp³-hybridized carbons (Fsp3) is 0.800. The Bertz CT molecular complexity index is 784. The molecule has 0 aromatic heterocycles. The van der Waals surface area contributed by atoms with E-state index in [1.165, 1.54) is 135 Å². The number of amides is 1. The van der Waals surface area contributed by atoms with Crippen molar-refractivity contribution in [2.45, 2.75) is 193 Å². The van der Waals surface area contributed by atoms with Gasteiger partial charge in [0.1, 0.15) is 0 Å². The Balaban J connectivity index is 2.20. The number of hydrogen-bond donors (Lipinski definition) is 1. The molecule has 5 nitrogen and oxygen atoms in total. The van der Waals surface area contributed by atoms with Gasteiger partial charge in [0.05, 0.1) is 19.8 Å². The van der Waals surface area contributed by atoms with Crippen LogP contribution >= 0.6 is 0 Å². The maximum absolute atomic E-state index is 12.9. The molecule has 0 heterocycles. The average Bonchev–Trinajstić information content (AvgIpc) is 3.05. The molecule has 1 N–H and O–H groups in total. The summed E-state index contributed by atoms with van der Waals surface area (Å²) < 4.78 is 11.4. The largest absolute Gasteiger partial charge is 0.464 e. The molecule has 0 spiro atoms. The molecular weight excluding hydrogens is 558 g/mol. The summed E-state index contributed by atoms with van der Waals surface area (Å²) in [5.74, 6) is -0.474. The Labute approximate surface area is 278 Å². The van der Waals surface area contributed by atoms with Crippen LogP contribution in [0.4, 0.5) is 0 Å². The monoisotopic (exact) mass is 630 g/mol. The Hall–Kier alpha value is -1.88. The molecular formula is C40H71NO4. The molecule has 0 radical (unpaired) electrons. The summed E-state index contributed by atoms with van der Waals surface area (Å²) in [6.45, 7) is 5.46. The lowest BCUT2D eigenvalue weighted by atomic mass is 10.0. The molecule has 1 atom stereocenters. The minimum atomic E-state index is -0.763. The minimum absolute atomic E-state index is 0.0892. The van der Waals surface area contributed by atoms with Gasteiger partial charge in [0.25, 0.3) is 0 Å². The molecule has 45 heavy (non-hydrogen) atoms. The zero-order valence-electron chi connectivity index (χ0n) is 29.6. The lowest BCUT2D eigenvalue weighted by Crippen LogP contribution is -2.45. The van der Waals surface area contributed by atoms with Gasteiger partial charge in [0, 0.05) is 6.42 Å². The van der Waals surface area contributed by atoms with Crippen LogP contribution in [0.25, 0.3) is 0 Å². The van der Waals surface area contributed by atoms with Gasteiger partial charge in [-0.3, -0.25) is 4.79 Å². The summed E-state index contributed by atoms with van der Waals surface area (Å²) in [6, 6.07) is 9.13. The summed E-state index contributed by atoms with van der Waals surface area (Å²) >= 11 is 0. The fourth-order valence-electron chi connectivity index (χ4n) is 5.82. The van der Waals surface area contributed by atoms with Gasteiger partial charge < -0.3 is 14.8 Å². The first kappa shape index (κ1) is 41.1. The van der Waals surface area contributed by atoms with Crippen LogP contribution in [-0.4, -0.2) is 31.1 Å². The number of carbonyl (C=O) groups is 2. The van der Waals surface area contributed by atoms with Crippen LogP contribution in [0.3, 0.4) is 0 Å². The maximum atomic E-state index is 12.9. The topological polar surface area (TPSA) is 64.6 Å². The first-order valence-electron chi connectivity index (χ1n) is 19.2. The number of rotatable bonds is 33. The van der Waals surface area contributed by atoms with Crippen LogP contribution in [0.1, 0.15) is 186 Å². The van der Waals surface area contributed by atoms with Crippen LogP contribution < -0.4 is 5.32 Å². The van der Waals surface area contributed by atoms with E-state index in [0.29, 0.717) is 19.6 Å². The second-order valence-corrected chi connectivity index (χ2v) is 13.2. The molecule has 0 fully saturated rings. The van der Waals surface area contributed by atoms with Gasteiger partial charge in [-0.05, 0) is 18.4 Å². The molecule has 0 bridgehead atoms. The summed E-state index contributed by atoms with van der Waals surface area (Å²) in [7, 11) is 0. The Kier molecular flexibility index (Phi) is 29.3.